The molecular weight excluding hydrogens is 348 g/mol. The van der Waals surface area contributed by atoms with E-state index in [2.05, 4.69) is 44.2 Å². The van der Waals surface area contributed by atoms with Gasteiger partial charge in [-0.1, -0.05) is 25.3 Å². The predicted octanol–water partition coefficient (Wildman–Crippen LogP) is 2.56. The molecule has 6 heteroatoms. The fourth-order valence-corrected chi connectivity index (χ4v) is 5.08. The first-order valence-electron chi connectivity index (χ1n) is 11.0. The first kappa shape index (κ1) is 19.5. The summed E-state index contributed by atoms with van der Waals surface area (Å²) in [7, 11) is 4.09. The Morgan fingerprint density at radius 3 is 2.54 bits per heavy atom. The maximum Gasteiger partial charge on any atom is 0.193 e. The molecule has 6 nitrogen and oxygen atoms in total. The van der Waals surface area contributed by atoms with Crippen LogP contribution in [-0.2, 0) is 6.54 Å². The molecule has 1 saturated carbocycles. The first-order chi connectivity index (χ1) is 13.7. The van der Waals surface area contributed by atoms with Gasteiger partial charge in [0.2, 0.25) is 0 Å². The van der Waals surface area contributed by atoms with Gasteiger partial charge in [0.05, 0.1) is 0 Å². The van der Waals surface area contributed by atoms with Crippen molar-refractivity contribution in [1.29, 1.82) is 0 Å². The summed E-state index contributed by atoms with van der Waals surface area (Å²) in [5.41, 5.74) is 1.77. The third-order valence-corrected chi connectivity index (χ3v) is 6.95. The van der Waals surface area contributed by atoms with E-state index >= 15 is 0 Å². The molecule has 3 fully saturated rings. The van der Waals surface area contributed by atoms with Crippen molar-refractivity contribution in [1.82, 2.24) is 20.1 Å². The molecule has 2 saturated heterocycles. The highest BCUT2D eigenvalue weighted by Gasteiger charge is 2.39. The Morgan fingerprint density at radius 2 is 1.86 bits per heavy atom. The van der Waals surface area contributed by atoms with Gasteiger partial charge in [0.1, 0.15) is 5.82 Å². The molecule has 154 valence electrons. The molecule has 0 radical (unpaired) electrons. The molecule has 3 heterocycles. The molecule has 0 bridgehead atoms. The number of anilines is 1. The monoisotopic (exact) mass is 384 g/mol. The van der Waals surface area contributed by atoms with Crippen LogP contribution in [0.5, 0.6) is 0 Å². The van der Waals surface area contributed by atoms with Gasteiger partial charge in [-0.3, -0.25) is 4.99 Å². The average molecular weight is 385 g/mol. The summed E-state index contributed by atoms with van der Waals surface area (Å²) in [5, 5.41) is 3.57. The van der Waals surface area contributed by atoms with E-state index in [9.17, 15) is 0 Å². The second-order valence-corrected chi connectivity index (χ2v) is 8.95. The van der Waals surface area contributed by atoms with Crippen LogP contribution in [0.25, 0.3) is 0 Å². The number of aliphatic imine (C=N–C) groups is 1. The van der Waals surface area contributed by atoms with Gasteiger partial charge < -0.3 is 20.0 Å². The molecule has 0 atom stereocenters. The minimum absolute atomic E-state index is 0.557. The molecule has 1 aromatic heterocycles. The molecule has 4 rings (SSSR count). The summed E-state index contributed by atoms with van der Waals surface area (Å²) in [4.78, 5) is 16.5. The molecule has 1 N–H and O–H groups in total. The lowest BCUT2D eigenvalue weighted by Gasteiger charge is -2.33. The minimum atomic E-state index is 0.557. The largest absolute Gasteiger partial charge is 0.354 e. The number of hydrogen-bond acceptors (Lipinski definition) is 4. The molecule has 1 spiro atoms. The number of likely N-dealkylation sites (tertiary alicyclic amines) is 1. The van der Waals surface area contributed by atoms with Crippen molar-refractivity contribution in [2.45, 2.75) is 45.1 Å². The van der Waals surface area contributed by atoms with Gasteiger partial charge in [0, 0.05) is 59.1 Å². The number of guanidine groups is 1. The van der Waals surface area contributed by atoms with Crippen molar-refractivity contribution >= 4 is 11.8 Å². The van der Waals surface area contributed by atoms with Crippen molar-refractivity contribution in [2.24, 2.45) is 10.4 Å². The summed E-state index contributed by atoms with van der Waals surface area (Å²) in [6.07, 6.45) is 10.4. The third-order valence-electron chi connectivity index (χ3n) is 6.95. The number of pyridine rings is 1. The van der Waals surface area contributed by atoms with Crippen LogP contribution in [0.1, 0.15) is 44.1 Å². The minimum Gasteiger partial charge on any atom is -0.354 e. The molecule has 3 aliphatic rings. The van der Waals surface area contributed by atoms with Crippen molar-refractivity contribution in [2.75, 3.05) is 58.3 Å². The Hall–Kier alpha value is -1.82. The Bertz CT molecular complexity index is 656. The Kier molecular flexibility index (Phi) is 6.04. The van der Waals surface area contributed by atoms with Gasteiger partial charge in [0.25, 0.3) is 0 Å². The first-order valence-corrected chi connectivity index (χ1v) is 11.0. The average Bonchev–Trinajstić information content (AvgIpc) is 3.13. The number of likely N-dealkylation sites (N-methyl/N-ethyl adjacent to an activating group) is 1. The second-order valence-electron chi connectivity index (χ2n) is 8.95. The van der Waals surface area contributed by atoms with Gasteiger partial charge in [-0.05, 0) is 43.4 Å². The summed E-state index contributed by atoms with van der Waals surface area (Å²) >= 11 is 0. The van der Waals surface area contributed by atoms with Crippen LogP contribution in [0, 0.1) is 5.41 Å². The van der Waals surface area contributed by atoms with E-state index in [0.717, 1.165) is 51.0 Å². The van der Waals surface area contributed by atoms with Crippen molar-refractivity contribution in [3.05, 3.63) is 23.9 Å². The van der Waals surface area contributed by atoms with E-state index in [1.165, 1.54) is 50.6 Å². The van der Waals surface area contributed by atoms with Crippen LogP contribution in [0.2, 0.25) is 0 Å². The highest BCUT2D eigenvalue weighted by molar-refractivity contribution is 5.80. The molecule has 1 aromatic rings. The normalized spacial score (nSPS) is 23.4. The zero-order valence-electron chi connectivity index (χ0n) is 17.7. The maximum absolute atomic E-state index is 4.71. The lowest BCUT2D eigenvalue weighted by atomic mass is 9.73. The molecule has 0 amide bonds. The quantitative estimate of drug-likeness (QED) is 0.641. The summed E-state index contributed by atoms with van der Waals surface area (Å²) in [5.74, 6) is 2.14. The van der Waals surface area contributed by atoms with Crippen LogP contribution in [-0.4, -0.2) is 74.1 Å². The van der Waals surface area contributed by atoms with Gasteiger partial charge >= 0.3 is 0 Å². The van der Waals surface area contributed by atoms with E-state index in [1.54, 1.807) is 0 Å². The summed E-state index contributed by atoms with van der Waals surface area (Å²) in [6.45, 7) is 7.44. The lowest BCUT2D eigenvalue weighted by Crippen LogP contribution is -2.44. The van der Waals surface area contributed by atoms with E-state index in [1.807, 2.05) is 13.2 Å². The Morgan fingerprint density at radius 1 is 1.07 bits per heavy atom. The topological polar surface area (TPSA) is 47.0 Å². The Balaban J connectivity index is 1.29. The van der Waals surface area contributed by atoms with Gasteiger partial charge in [-0.15, -0.1) is 0 Å². The SMILES string of the molecule is CN=C(NCc1ccc(N2CCN(C)CC2)nc1)N1CCC2(CCCCC2)C1. The lowest BCUT2D eigenvalue weighted by molar-refractivity contribution is 0.203. The molecular formula is C22H36N6. The predicted molar refractivity (Wildman–Crippen MR) is 116 cm³/mol. The number of piperazine rings is 1. The van der Waals surface area contributed by atoms with E-state index < -0.39 is 0 Å². The van der Waals surface area contributed by atoms with E-state index in [-0.39, 0.29) is 0 Å². The second kappa shape index (κ2) is 8.68. The van der Waals surface area contributed by atoms with Crippen molar-refractivity contribution in [3.63, 3.8) is 0 Å². The summed E-state index contributed by atoms with van der Waals surface area (Å²) < 4.78 is 0. The van der Waals surface area contributed by atoms with Gasteiger partial charge in [-0.25, -0.2) is 4.98 Å². The standard InChI is InChI=1S/C22H36N6/c1-23-21(28-11-10-22(18-28)8-4-3-5-9-22)25-17-19-6-7-20(24-16-19)27-14-12-26(2)13-15-27/h6-7,16H,3-5,8-15,17-18H2,1-2H3,(H,23,25). The fraction of sp³-hybridized carbons (Fsp3) is 0.727. The highest BCUT2D eigenvalue weighted by Crippen LogP contribution is 2.43. The van der Waals surface area contributed by atoms with E-state index in [4.69, 9.17) is 4.98 Å². The van der Waals surface area contributed by atoms with E-state index in [0.29, 0.717) is 5.41 Å². The van der Waals surface area contributed by atoms with Crippen LogP contribution < -0.4 is 10.2 Å². The number of nitrogens with zero attached hydrogens (tertiary/aromatic N) is 5. The van der Waals surface area contributed by atoms with Crippen LogP contribution >= 0.6 is 0 Å². The molecule has 28 heavy (non-hydrogen) atoms. The van der Waals surface area contributed by atoms with Crippen molar-refractivity contribution in [3.8, 4) is 0 Å². The number of aromatic nitrogens is 1. The van der Waals surface area contributed by atoms with Gasteiger partial charge in [-0.2, -0.15) is 0 Å². The molecule has 2 aliphatic heterocycles. The number of rotatable bonds is 3. The third kappa shape index (κ3) is 4.43. The van der Waals surface area contributed by atoms with Crippen LogP contribution in [0.3, 0.4) is 0 Å². The maximum atomic E-state index is 4.71. The zero-order chi connectivity index (χ0) is 19.4. The van der Waals surface area contributed by atoms with Crippen LogP contribution in [0.15, 0.2) is 23.3 Å². The molecule has 0 unspecified atom stereocenters. The Labute approximate surface area is 170 Å². The highest BCUT2D eigenvalue weighted by atomic mass is 15.3. The van der Waals surface area contributed by atoms with Crippen LogP contribution in [0.4, 0.5) is 5.82 Å². The number of nitrogens with one attached hydrogen (secondary N) is 1. The smallest absolute Gasteiger partial charge is 0.193 e. The zero-order valence-corrected chi connectivity index (χ0v) is 17.7. The fourth-order valence-electron chi connectivity index (χ4n) is 5.08. The molecule has 0 aromatic carbocycles. The van der Waals surface area contributed by atoms with Crippen molar-refractivity contribution < 1.29 is 0 Å². The molecule has 1 aliphatic carbocycles. The number of hydrogen-bond donors (Lipinski definition) is 1. The summed E-state index contributed by atoms with van der Waals surface area (Å²) in [6, 6.07) is 4.37. The van der Waals surface area contributed by atoms with Gasteiger partial charge in [0.15, 0.2) is 5.96 Å².